The monoisotopic (exact) mass is 360 g/mol. The molecule has 0 aliphatic heterocycles. The van der Waals surface area contributed by atoms with Crippen LogP contribution < -0.4 is 0 Å². The normalized spacial score (nSPS) is 13.0. The molecule has 0 aliphatic carbocycles. The molecular weight excluding hydrogens is 342 g/mol. The highest BCUT2D eigenvalue weighted by Crippen LogP contribution is 2.32. The van der Waals surface area contributed by atoms with E-state index < -0.39 is 23.4 Å². The molecule has 0 aliphatic rings. The van der Waals surface area contributed by atoms with Crippen molar-refractivity contribution in [3.63, 3.8) is 0 Å². The number of ether oxygens (including phenoxy) is 1. The van der Waals surface area contributed by atoms with Gasteiger partial charge < -0.3 is 4.74 Å². The van der Waals surface area contributed by atoms with Crippen molar-refractivity contribution in [1.82, 2.24) is 29.8 Å². The smallest absolute Gasteiger partial charge is 0.356 e. The second kappa shape index (κ2) is 6.35. The van der Waals surface area contributed by atoms with Crippen molar-refractivity contribution in [2.45, 2.75) is 6.85 Å². The second-order valence-electron chi connectivity index (χ2n) is 5.29. The molecule has 3 aromatic heterocycles. The van der Waals surface area contributed by atoms with Crippen molar-refractivity contribution in [1.29, 1.82) is 0 Å². The number of carbonyl (C=O) groups is 1. The minimum Gasteiger partial charge on any atom is -0.464 e. The number of carbonyl (C=O) groups excluding carboxylic acids is 1. The van der Waals surface area contributed by atoms with Crippen LogP contribution >= 0.6 is 0 Å². The first kappa shape index (κ1) is 13.6. The molecule has 0 atom stereocenters. The van der Waals surface area contributed by atoms with Crippen LogP contribution in [0.5, 0.6) is 0 Å². The fourth-order valence-electron chi connectivity index (χ4n) is 2.48. The third-order valence-corrected chi connectivity index (χ3v) is 3.68. The third kappa shape index (κ3) is 2.79. The predicted molar refractivity (Wildman–Crippen MR) is 89.2 cm³/mol. The molecular formula is C15H15N7O4. The summed E-state index contributed by atoms with van der Waals surface area (Å²) >= 11 is 0. The van der Waals surface area contributed by atoms with E-state index in [2.05, 4.69) is 25.1 Å². The molecule has 0 amide bonds. The van der Waals surface area contributed by atoms with E-state index in [9.17, 15) is 14.9 Å². The number of nitrogens with zero attached hydrogens (tertiary/aromatic N) is 7. The number of rotatable bonds is 4. The SMILES string of the molecule is [2H]C([2H])([2H])c1nnn(C)c1-c1cnc(-c2cc(C(=O)OC)n(C)n2)c([N+](=O)[O-])c1. The Balaban J connectivity index is 2.17. The number of aromatic nitrogens is 6. The van der Waals surface area contributed by atoms with Gasteiger partial charge >= 0.3 is 5.97 Å². The van der Waals surface area contributed by atoms with Crippen molar-refractivity contribution in [2.24, 2.45) is 14.1 Å². The number of methoxy groups -OCH3 is 1. The summed E-state index contributed by atoms with van der Waals surface area (Å²) in [5, 5.41) is 23.1. The van der Waals surface area contributed by atoms with Crippen molar-refractivity contribution < 1.29 is 18.6 Å². The number of aryl methyl sites for hydroxylation is 3. The van der Waals surface area contributed by atoms with E-state index in [-0.39, 0.29) is 34.0 Å². The molecule has 0 aromatic carbocycles. The fraction of sp³-hybridized carbons (Fsp3) is 0.267. The Hall–Kier alpha value is -3.63. The summed E-state index contributed by atoms with van der Waals surface area (Å²) in [7, 11) is 4.16. The molecule has 11 nitrogen and oxygen atoms in total. The van der Waals surface area contributed by atoms with E-state index in [0.717, 1.165) is 0 Å². The molecule has 11 heteroatoms. The lowest BCUT2D eigenvalue weighted by molar-refractivity contribution is -0.384. The highest BCUT2D eigenvalue weighted by atomic mass is 16.6. The van der Waals surface area contributed by atoms with E-state index in [4.69, 9.17) is 4.11 Å². The molecule has 0 N–H and O–H groups in total. The molecule has 0 spiro atoms. The average molecular weight is 360 g/mol. The minimum atomic E-state index is -2.56. The Morgan fingerprint density at radius 1 is 1.35 bits per heavy atom. The molecule has 0 unspecified atom stereocenters. The second-order valence-corrected chi connectivity index (χ2v) is 5.29. The maximum Gasteiger partial charge on any atom is 0.356 e. The lowest BCUT2D eigenvalue weighted by Gasteiger charge is -2.04. The van der Waals surface area contributed by atoms with Gasteiger partial charge in [0, 0.05) is 42.1 Å². The summed E-state index contributed by atoms with van der Waals surface area (Å²) in [6, 6.07) is 2.49. The summed E-state index contributed by atoms with van der Waals surface area (Å²) < 4.78 is 29.8. The molecule has 0 saturated carbocycles. The first-order chi connectivity index (χ1) is 13.5. The third-order valence-electron chi connectivity index (χ3n) is 3.68. The molecule has 134 valence electrons. The molecule has 3 aromatic rings. The van der Waals surface area contributed by atoms with Crippen molar-refractivity contribution in [3.8, 4) is 22.6 Å². The van der Waals surface area contributed by atoms with Gasteiger partial charge in [0.25, 0.3) is 5.69 Å². The van der Waals surface area contributed by atoms with Crippen LogP contribution in [-0.2, 0) is 18.8 Å². The largest absolute Gasteiger partial charge is 0.464 e. The standard InChI is InChI=1S/C15H15N7O4/c1-8-14(21(3)19-17-8)9-5-11(22(24)25)13(16-7-9)10-6-12(15(23)26-4)20(2)18-10/h5-7H,1-4H3/i1D3. The van der Waals surface area contributed by atoms with E-state index in [1.165, 1.54) is 48.9 Å². The predicted octanol–water partition coefficient (Wildman–Crippen LogP) is 1.28. The number of nitro groups is 1. The van der Waals surface area contributed by atoms with E-state index in [0.29, 0.717) is 0 Å². The zero-order chi connectivity index (χ0) is 21.5. The topological polar surface area (TPSA) is 131 Å². The Labute approximate surface area is 151 Å². The number of pyridine rings is 1. The summed E-state index contributed by atoms with van der Waals surface area (Å²) in [6.45, 7) is -2.56. The molecule has 26 heavy (non-hydrogen) atoms. The zero-order valence-corrected chi connectivity index (χ0v) is 14.0. The highest BCUT2D eigenvalue weighted by Gasteiger charge is 2.24. The number of esters is 1. The fourth-order valence-corrected chi connectivity index (χ4v) is 2.48. The van der Waals surface area contributed by atoms with Crippen LogP contribution in [0.15, 0.2) is 18.3 Å². The molecule has 0 saturated heterocycles. The van der Waals surface area contributed by atoms with E-state index >= 15 is 0 Å². The van der Waals surface area contributed by atoms with Gasteiger partial charge in [-0.3, -0.25) is 14.8 Å². The molecule has 0 fully saturated rings. The van der Waals surface area contributed by atoms with Crippen LogP contribution in [-0.4, -0.2) is 47.8 Å². The number of hydrogen-bond donors (Lipinski definition) is 0. The summed E-state index contributed by atoms with van der Waals surface area (Å²) in [4.78, 5) is 26.9. The van der Waals surface area contributed by atoms with Crippen molar-refractivity contribution in [3.05, 3.63) is 39.8 Å². The molecule has 0 radical (unpaired) electrons. The van der Waals surface area contributed by atoms with Gasteiger partial charge in [-0.25, -0.2) is 14.5 Å². The van der Waals surface area contributed by atoms with Gasteiger partial charge in [0.15, 0.2) is 5.69 Å². The quantitative estimate of drug-likeness (QED) is 0.386. The first-order valence-corrected chi connectivity index (χ1v) is 7.22. The number of hydrogen-bond acceptors (Lipinski definition) is 8. The maximum absolute atomic E-state index is 11.8. The first-order valence-electron chi connectivity index (χ1n) is 8.72. The van der Waals surface area contributed by atoms with Crippen LogP contribution in [0.25, 0.3) is 22.6 Å². The van der Waals surface area contributed by atoms with Crippen molar-refractivity contribution in [2.75, 3.05) is 7.11 Å². The molecule has 3 rings (SSSR count). The molecule has 3 heterocycles. The Bertz CT molecular complexity index is 1120. The Kier molecular flexibility index (Phi) is 3.33. The average Bonchev–Trinajstić information content (AvgIpc) is 3.23. The minimum absolute atomic E-state index is 0.0863. The van der Waals surface area contributed by atoms with Gasteiger partial charge in [0.05, 0.1) is 23.4 Å². The summed E-state index contributed by atoms with van der Waals surface area (Å²) in [5.74, 6) is -0.659. The van der Waals surface area contributed by atoms with Gasteiger partial charge in [0.1, 0.15) is 11.4 Å². The zero-order valence-electron chi connectivity index (χ0n) is 17.0. The summed E-state index contributed by atoms with van der Waals surface area (Å²) in [5.41, 5.74) is -0.389. The van der Waals surface area contributed by atoms with Gasteiger partial charge in [-0.15, -0.1) is 5.10 Å². The van der Waals surface area contributed by atoms with Crippen LogP contribution in [0.3, 0.4) is 0 Å². The molecule has 0 bridgehead atoms. The maximum atomic E-state index is 11.8. The van der Waals surface area contributed by atoms with Crippen LogP contribution in [0, 0.1) is 17.0 Å². The van der Waals surface area contributed by atoms with Crippen LogP contribution in [0.2, 0.25) is 0 Å². The van der Waals surface area contributed by atoms with Gasteiger partial charge in [-0.05, 0) is 6.85 Å². The highest BCUT2D eigenvalue weighted by molar-refractivity contribution is 5.89. The Morgan fingerprint density at radius 2 is 2.12 bits per heavy atom. The lowest BCUT2D eigenvalue weighted by atomic mass is 10.1. The van der Waals surface area contributed by atoms with Gasteiger partial charge in [0.2, 0.25) is 0 Å². The lowest BCUT2D eigenvalue weighted by Crippen LogP contribution is -2.07. The van der Waals surface area contributed by atoms with Gasteiger partial charge in [-0.2, -0.15) is 5.10 Å². The van der Waals surface area contributed by atoms with Crippen molar-refractivity contribution >= 4 is 11.7 Å². The Morgan fingerprint density at radius 3 is 2.77 bits per heavy atom. The van der Waals surface area contributed by atoms with Crippen LogP contribution in [0.4, 0.5) is 5.69 Å². The van der Waals surface area contributed by atoms with Gasteiger partial charge in [-0.1, -0.05) is 5.21 Å². The summed E-state index contributed by atoms with van der Waals surface area (Å²) in [6.07, 6.45) is 1.27. The van der Waals surface area contributed by atoms with E-state index in [1.54, 1.807) is 0 Å². The van der Waals surface area contributed by atoms with Crippen LogP contribution in [0.1, 0.15) is 20.3 Å². The van der Waals surface area contributed by atoms with E-state index in [1.807, 2.05) is 0 Å².